The molecule has 2 amide bonds. The molecule has 1 saturated carbocycles. The molecule has 0 heterocycles. The number of anilines is 1. The average Bonchev–Trinajstić information content (AvgIpc) is 2.82. The first-order valence-electron chi connectivity index (χ1n) is 11.0. The van der Waals surface area contributed by atoms with Gasteiger partial charge < -0.3 is 15.4 Å². The van der Waals surface area contributed by atoms with Crippen LogP contribution in [0.4, 0.5) is 5.69 Å². The van der Waals surface area contributed by atoms with Crippen LogP contribution in [-0.4, -0.2) is 40.4 Å². The van der Waals surface area contributed by atoms with Gasteiger partial charge in [0.2, 0.25) is 21.8 Å². The number of nitrogens with one attached hydrogen (secondary N) is 3. The van der Waals surface area contributed by atoms with Crippen LogP contribution in [0.25, 0.3) is 0 Å². The SMILES string of the molecule is COc1ccc(NC(=O)CNC(=O)C2CCC(CNS(=O)(=O)c3ccc(C)cc3)CC2)cc1. The number of amides is 2. The molecule has 0 aromatic heterocycles. The minimum absolute atomic E-state index is 0.0961. The molecule has 2 aromatic carbocycles. The first-order valence-corrected chi connectivity index (χ1v) is 12.5. The summed E-state index contributed by atoms with van der Waals surface area (Å²) in [5.74, 6) is 0.280. The number of carbonyl (C=O) groups excluding carboxylic acids is 2. The van der Waals surface area contributed by atoms with Gasteiger partial charge in [0.05, 0.1) is 18.6 Å². The van der Waals surface area contributed by atoms with Crippen molar-refractivity contribution in [3.63, 3.8) is 0 Å². The lowest BCUT2D eigenvalue weighted by atomic mass is 9.81. The van der Waals surface area contributed by atoms with Gasteiger partial charge in [-0.05, 0) is 74.9 Å². The second-order valence-corrected chi connectivity index (χ2v) is 10.1. The van der Waals surface area contributed by atoms with Crippen LogP contribution in [-0.2, 0) is 19.6 Å². The van der Waals surface area contributed by atoms with E-state index in [1.165, 1.54) is 0 Å². The van der Waals surface area contributed by atoms with Crippen LogP contribution in [0.15, 0.2) is 53.4 Å². The number of rotatable bonds is 9. The van der Waals surface area contributed by atoms with Crippen LogP contribution >= 0.6 is 0 Å². The molecule has 0 unspecified atom stereocenters. The van der Waals surface area contributed by atoms with Gasteiger partial charge in [-0.15, -0.1) is 0 Å². The van der Waals surface area contributed by atoms with Gasteiger partial charge in [-0.3, -0.25) is 9.59 Å². The number of ether oxygens (including phenoxy) is 1. The Labute approximate surface area is 195 Å². The molecule has 178 valence electrons. The van der Waals surface area contributed by atoms with Gasteiger partial charge in [0.25, 0.3) is 0 Å². The van der Waals surface area contributed by atoms with E-state index in [4.69, 9.17) is 4.74 Å². The Hall–Kier alpha value is -2.91. The summed E-state index contributed by atoms with van der Waals surface area (Å²) in [5, 5.41) is 5.44. The summed E-state index contributed by atoms with van der Waals surface area (Å²) >= 11 is 0. The number of hydrogen-bond donors (Lipinski definition) is 3. The number of methoxy groups -OCH3 is 1. The van der Waals surface area contributed by atoms with Gasteiger partial charge in [0.15, 0.2) is 0 Å². The minimum atomic E-state index is -3.53. The van der Waals surface area contributed by atoms with Crippen molar-refractivity contribution in [2.24, 2.45) is 11.8 Å². The molecule has 0 aliphatic heterocycles. The molecular formula is C24H31N3O5S. The molecule has 0 radical (unpaired) electrons. The molecule has 1 aliphatic carbocycles. The summed E-state index contributed by atoms with van der Waals surface area (Å²) in [6, 6.07) is 13.7. The Balaban J connectivity index is 1.37. The zero-order chi connectivity index (χ0) is 23.8. The lowest BCUT2D eigenvalue weighted by molar-refractivity contribution is -0.128. The molecule has 0 bridgehead atoms. The topological polar surface area (TPSA) is 114 Å². The zero-order valence-electron chi connectivity index (χ0n) is 19.0. The van der Waals surface area contributed by atoms with Crippen molar-refractivity contribution in [2.45, 2.75) is 37.5 Å². The monoisotopic (exact) mass is 473 g/mol. The van der Waals surface area contributed by atoms with E-state index in [9.17, 15) is 18.0 Å². The van der Waals surface area contributed by atoms with E-state index in [2.05, 4.69) is 15.4 Å². The highest BCUT2D eigenvalue weighted by atomic mass is 32.2. The van der Waals surface area contributed by atoms with Gasteiger partial charge >= 0.3 is 0 Å². The molecule has 1 aliphatic rings. The van der Waals surface area contributed by atoms with Crippen molar-refractivity contribution >= 4 is 27.5 Å². The number of aryl methyl sites for hydroxylation is 1. The van der Waals surface area contributed by atoms with Gasteiger partial charge in [-0.1, -0.05) is 17.7 Å². The van der Waals surface area contributed by atoms with E-state index in [0.29, 0.717) is 30.8 Å². The third-order valence-corrected chi connectivity index (χ3v) is 7.35. The van der Waals surface area contributed by atoms with Crippen LogP contribution in [0, 0.1) is 18.8 Å². The normalized spacial score (nSPS) is 18.4. The highest BCUT2D eigenvalue weighted by molar-refractivity contribution is 7.89. The summed E-state index contributed by atoms with van der Waals surface area (Å²) in [6.45, 7) is 2.17. The Morgan fingerprint density at radius 2 is 1.61 bits per heavy atom. The van der Waals surface area contributed by atoms with Gasteiger partial charge in [0.1, 0.15) is 5.75 Å². The number of sulfonamides is 1. The smallest absolute Gasteiger partial charge is 0.243 e. The summed E-state index contributed by atoms with van der Waals surface area (Å²) in [4.78, 5) is 24.8. The van der Waals surface area contributed by atoms with E-state index in [1.807, 2.05) is 6.92 Å². The maximum absolute atomic E-state index is 12.5. The van der Waals surface area contributed by atoms with Crippen LogP contribution in [0.2, 0.25) is 0 Å². The average molecular weight is 474 g/mol. The summed E-state index contributed by atoms with van der Waals surface area (Å²) in [7, 11) is -1.97. The van der Waals surface area contributed by atoms with Crippen molar-refractivity contribution in [2.75, 3.05) is 25.5 Å². The van der Waals surface area contributed by atoms with Gasteiger partial charge in [-0.25, -0.2) is 13.1 Å². The quantitative estimate of drug-likeness (QED) is 0.518. The second kappa shape index (κ2) is 11.3. The minimum Gasteiger partial charge on any atom is -0.497 e. The molecular weight excluding hydrogens is 442 g/mol. The first kappa shape index (κ1) is 24.7. The number of benzene rings is 2. The van der Waals surface area contributed by atoms with Crippen molar-refractivity contribution in [3.8, 4) is 5.75 Å². The maximum atomic E-state index is 12.5. The van der Waals surface area contributed by atoms with E-state index >= 15 is 0 Å². The molecule has 3 N–H and O–H groups in total. The van der Waals surface area contributed by atoms with E-state index in [1.54, 1.807) is 55.6 Å². The van der Waals surface area contributed by atoms with E-state index in [0.717, 1.165) is 18.4 Å². The van der Waals surface area contributed by atoms with Crippen LogP contribution in [0.5, 0.6) is 5.75 Å². The highest BCUT2D eigenvalue weighted by Gasteiger charge is 2.27. The molecule has 0 saturated heterocycles. The molecule has 1 fully saturated rings. The predicted molar refractivity (Wildman–Crippen MR) is 126 cm³/mol. The van der Waals surface area contributed by atoms with Crippen molar-refractivity contribution in [1.82, 2.24) is 10.0 Å². The Bertz CT molecular complexity index is 1040. The van der Waals surface area contributed by atoms with Crippen molar-refractivity contribution in [3.05, 3.63) is 54.1 Å². The fraction of sp³-hybridized carbons (Fsp3) is 0.417. The van der Waals surface area contributed by atoms with Gasteiger partial charge in [-0.2, -0.15) is 0 Å². The molecule has 0 atom stereocenters. The Morgan fingerprint density at radius 3 is 2.21 bits per heavy atom. The third kappa shape index (κ3) is 7.30. The van der Waals surface area contributed by atoms with Crippen LogP contribution in [0.3, 0.4) is 0 Å². The fourth-order valence-electron chi connectivity index (χ4n) is 3.85. The fourth-order valence-corrected chi connectivity index (χ4v) is 4.96. The van der Waals surface area contributed by atoms with Crippen molar-refractivity contribution in [1.29, 1.82) is 0 Å². The number of hydrogen-bond acceptors (Lipinski definition) is 5. The first-order chi connectivity index (χ1) is 15.8. The Kier molecular flexibility index (Phi) is 8.46. The van der Waals surface area contributed by atoms with Gasteiger partial charge in [0, 0.05) is 18.2 Å². The number of carbonyl (C=O) groups is 2. The van der Waals surface area contributed by atoms with Crippen LogP contribution < -0.4 is 20.1 Å². The Morgan fingerprint density at radius 1 is 0.970 bits per heavy atom. The molecule has 3 rings (SSSR count). The molecule has 33 heavy (non-hydrogen) atoms. The third-order valence-electron chi connectivity index (χ3n) is 5.91. The van der Waals surface area contributed by atoms with E-state index < -0.39 is 10.0 Å². The zero-order valence-corrected chi connectivity index (χ0v) is 19.8. The maximum Gasteiger partial charge on any atom is 0.243 e. The van der Waals surface area contributed by atoms with E-state index in [-0.39, 0.29) is 35.1 Å². The summed E-state index contributed by atoms with van der Waals surface area (Å²) in [6.07, 6.45) is 2.85. The summed E-state index contributed by atoms with van der Waals surface area (Å²) < 4.78 is 32.7. The lowest BCUT2D eigenvalue weighted by Crippen LogP contribution is -2.39. The summed E-state index contributed by atoms with van der Waals surface area (Å²) in [5.41, 5.74) is 1.63. The van der Waals surface area contributed by atoms with Crippen molar-refractivity contribution < 1.29 is 22.7 Å². The molecule has 8 nitrogen and oxygen atoms in total. The second-order valence-electron chi connectivity index (χ2n) is 8.38. The standard InChI is InChI=1S/C24H31N3O5S/c1-17-3-13-22(14-4-17)33(30,31)26-15-18-5-7-19(8-6-18)24(29)25-16-23(28)27-20-9-11-21(32-2)12-10-20/h3-4,9-14,18-19,26H,5-8,15-16H2,1-2H3,(H,25,29)(H,27,28). The van der Waals surface area contributed by atoms with Crippen LogP contribution in [0.1, 0.15) is 31.2 Å². The molecule has 0 spiro atoms. The largest absolute Gasteiger partial charge is 0.497 e. The molecule has 9 heteroatoms. The molecule has 2 aromatic rings. The lowest BCUT2D eigenvalue weighted by Gasteiger charge is -2.27. The predicted octanol–water partition coefficient (Wildman–Crippen LogP) is 2.84. The highest BCUT2D eigenvalue weighted by Crippen LogP contribution is 2.29.